The van der Waals surface area contributed by atoms with Crippen molar-refractivity contribution in [3.8, 4) is 0 Å². The standard InChI is InChI=1S/C14H17N3O3S/c1-16-7-5-15-14(16)21-9-11-2-3-12(20-11)13(19)17-6-4-10(18)8-17/h2-3,5,7,10,18H,4,6,8-9H2,1H3/t10-/m0/s1. The van der Waals surface area contributed by atoms with E-state index in [1.54, 1.807) is 28.9 Å². The summed E-state index contributed by atoms with van der Waals surface area (Å²) in [6, 6.07) is 3.51. The van der Waals surface area contributed by atoms with Gasteiger partial charge < -0.3 is 19.0 Å². The van der Waals surface area contributed by atoms with Gasteiger partial charge in [0.05, 0.1) is 11.9 Å². The zero-order valence-corrected chi connectivity index (χ0v) is 12.5. The van der Waals surface area contributed by atoms with E-state index in [-0.39, 0.29) is 5.91 Å². The molecule has 1 aliphatic heterocycles. The van der Waals surface area contributed by atoms with Crippen LogP contribution in [-0.2, 0) is 12.8 Å². The fourth-order valence-corrected chi connectivity index (χ4v) is 3.11. The van der Waals surface area contributed by atoms with Crippen LogP contribution in [0, 0.1) is 0 Å². The summed E-state index contributed by atoms with van der Waals surface area (Å²) in [5.41, 5.74) is 0. The Kier molecular flexibility index (Phi) is 4.03. The van der Waals surface area contributed by atoms with Crippen LogP contribution in [0.15, 0.2) is 34.1 Å². The molecule has 0 radical (unpaired) electrons. The average molecular weight is 307 g/mol. The number of aliphatic hydroxyl groups is 1. The number of thioether (sulfide) groups is 1. The Morgan fingerprint density at radius 3 is 3.10 bits per heavy atom. The number of aryl methyl sites for hydroxylation is 1. The van der Waals surface area contributed by atoms with Crippen molar-refractivity contribution in [1.29, 1.82) is 0 Å². The van der Waals surface area contributed by atoms with Crippen molar-refractivity contribution in [2.75, 3.05) is 13.1 Å². The van der Waals surface area contributed by atoms with Gasteiger partial charge in [-0.1, -0.05) is 11.8 Å². The van der Waals surface area contributed by atoms with Gasteiger partial charge in [-0.3, -0.25) is 4.79 Å². The molecule has 1 aliphatic rings. The molecular weight excluding hydrogens is 290 g/mol. The molecule has 1 amide bonds. The number of hydrogen-bond donors (Lipinski definition) is 1. The number of nitrogens with zero attached hydrogens (tertiary/aromatic N) is 3. The second-order valence-electron chi connectivity index (χ2n) is 5.07. The molecule has 3 rings (SSSR count). The van der Waals surface area contributed by atoms with Gasteiger partial charge in [-0.2, -0.15) is 0 Å². The normalized spacial score (nSPS) is 18.4. The quantitative estimate of drug-likeness (QED) is 0.867. The number of aliphatic hydroxyl groups excluding tert-OH is 1. The van der Waals surface area contributed by atoms with Crippen LogP contribution in [0.5, 0.6) is 0 Å². The molecule has 0 bridgehead atoms. The molecule has 2 aromatic heterocycles. The second-order valence-corrected chi connectivity index (χ2v) is 6.01. The first-order chi connectivity index (χ1) is 10.1. The van der Waals surface area contributed by atoms with Crippen molar-refractivity contribution in [1.82, 2.24) is 14.5 Å². The summed E-state index contributed by atoms with van der Waals surface area (Å²) < 4.78 is 7.54. The van der Waals surface area contributed by atoms with Crippen molar-refractivity contribution >= 4 is 17.7 Å². The van der Waals surface area contributed by atoms with E-state index >= 15 is 0 Å². The third-order valence-corrected chi connectivity index (χ3v) is 4.52. The fourth-order valence-electron chi connectivity index (χ4n) is 2.28. The number of carbonyl (C=O) groups is 1. The molecule has 6 nitrogen and oxygen atoms in total. The maximum Gasteiger partial charge on any atom is 0.289 e. The first kappa shape index (κ1) is 14.2. The molecule has 1 saturated heterocycles. The molecule has 1 N–H and O–H groups in total. The van der Waals surface area contributed by atoms with Crippen LogP contribution in [0.3, 0.4) is 0 Å². The summed E-state index contributed by atoms with van der Waals surface area (Å²) in [6.07, 6.45) is 3.85. The third-order valence-electron chi connectivity index (χ3n) is 3.44. The minimum absolute atomic E-state index is 0.153. The Hall–Kier alpha value is -1.73. The second kappa shape index (κ2) is 5.95. The number of amides is 1. The van der Waals surface area contributed by atoms with E-state index in [0.29, 0.717) is 31.0 Å². The lowest BCUT2D eigenvalue weighted by Crippen LogP contribution is -2.29. The van der Waals surface area contributed by atoms with Gasteiger partial charge in [0.15, 0.2) is 10.9 Å². The van der Waals surface area contributed by atoms with Crippen LogP contribution in [0.4, 0.5) is 0 Å². The molecule has 0 aliphatic carbocycles. The Labute approximate surface area is 126 Å². The zero-order valence-electron chi connectivity index (χ0n) is 11.7. The SMILES string of the molecule is Cn1ccnc1SCc1ccc(C(=O)N2CC[C@H](O)C2)o1. The Morgan fingerprint density at radius 2 is 2.43 bits per heavy atom. The Balaban J connectivity index is 1.61. The molecule has 1 atom stereocenters. The highest BCUT2D eigenvalue weighted by Crippen LogP contribution is 2.23. The highest BCUT2D eigenvalue weighted by atomic mass is 32.2. The fraction of sp³-hybridized carbons (Fsp3) is 0.429. The van der Waals surface area contributed by atoms with Crippen molar-refractivity contribution < 1.29 is 14.3 Å². The van der Waals surface area contributed by atoms with Gasteiger partial charge in [-0.25, -0.2) is 4.98 Å². The van der Waals surface area contributed by atoms with E-state index in [1.165, 1.54) is 0 Å². The summed E-state index contributed by atoms with van der Waals surface area (Å²) in [6.45, 7) is 0.967. The van der Waals surface area contributed by atoms with Gasteiger partial charge in [-0.05, 0) is 18.6 Å². The summed E-state index contributed by atoms with van der Waals surface area (Å²) in [4.78, 5) is 18.0. The van der Waals surface area contributed by atoms with Gasteiger partial charge in [0.1, 0.15) is 5.76 Å². The van der Waals surface area contributed by atoms with E-state index in [0.717, 1.165) is 10.9 Å². The molecule has 1 fully saturated rings. The van der Waals surface area contributed by atoms with Crippen LogP contribution >= 0.6 is 11.8 Å². The average Bonchev–Trinajstić information content (AvgIpc) is 3.17. The molecule has 0 saturated carbocycles. The van der Waals surface area contributed by atoms with E-state index in [2.05, 4.69) is 4.98 Å². The monoisotopic (exact) mass is 307 g/mol. The molecule has 21 heavy (non-hydrogen) atoms. The molecule has 112 valence electrons. The molecule has 0 unspecified atom stereocenters. The van der Waals surface area contributed by atoms with E-state index in [1.807, 2.05) is 23.9 Å². The van der Waals surface area contributed by atoms with Gasteiger partial charge in [0, 0.05) is 32.5 Å². The smallest absolute Gasteiger partial charge is 0.289 e. The number of hydrogen-bond acceptors (Lipinski definition) is 5. The number of rotatable bonds is 4. The summed E-state index contributed by atoms with van der Waals surface area (Å²) in [7, 11) is 1.94. The van der Waals surface area contributed by atoms with E-state index in [4.69, 9.17) is 4.42 Å². The van der Waals surface area contributed by atoms with Crippen LogP contribution in [-0.4, -0.2) is 44.7 Å². The lowest BCUT2D eigenvalue weighted by molar-refractivity contribution is 0.0732. The molecular formula is C14H17N3O3S. The number of carbonyl (C=O) groups excluding carboxylic acids is 1. The van der Waals surface area contributed by atoms with Crippen LogP contribution in [0.2, 0.25) is 0 Å². The molecule has 0 spiro atoms. The topological polar surface area (TPSA) is 71.5 Å². The molecule has 7 heteroatoms. The first-order valence-corrected chi connectivity index (χ1v) is 7.78. The number of furan rings is 1. The molecule has 0 aromatic carbocycles. The van der Waals surface area contributed by atoms with Crippen molar-refractivity contribution in [2.45, 2.75) is 23.4 Å². The molecule has 2 aromatic rings. The van der Waals surface area contributed by atoms with Gasteiger partial charge in [-0.15, -0.1) is 0 Å². The maximum absolute atomic E-state index is 12.2. The Bertz CT molecular complexity index is 637. The van der Waals surface area contributed by atoms with Gasteiger partial charge in [0.25, 0.3) is 5.91 Å². The predicted molar refractivity (Wildman–Crippen MR) is 78.0 cm³/mol. The predicted octanol–water partition coefficient (Wildman–Crippen LogP) is 1.51. The van der Waals surface area contributed by atoms with Crippen molar-refractivity contribution in [3.63, 3.8) is 0 Å². The van der Waals surface area contributed by atoms with Crippen LogP contribution < -0.4 is 0 Å². The highest BCUT2D eigenvalue weighted by Gasteiger charge is 2.27. The third kappa shape index (κ3) is 3.14. The maximum atomic E-state index is 12.2. The number of likely N-dealkylation sites (tertiary alicyclic amines) is 1. The minimum Gasteiger partial charge on any atom is -0.455 e. The minimum atomic E-state index is -0.414. The van der Waals surface area contributed by atoms with E-state index < -0.39 is 6.10 Å². The van der Waals surface area contributed by atoms with Gasteiger partial charge >= 0.3 is 0 Å². The largest absolute Gasteiger partial charge is 0.455 e. The number of imidazole rings is 1. The van der Waals surface area contributed by atoms with Crippen LogP contribution in [0.25, 0.3) is 0 Å². The molecule has 3 heterocycles. The van der Waals surface area contributed by atoms with Gasteiger partial charge in [0.2, 0.25) is 0 Å². The van der Waals surface area contributed by atoms with Crippen LogP contribution in [0.1, 0.15) is 22.7 Å². The van der Waals surface area contributed by atoms with E-state index in [9.17, 15) is 9.90 Å². The lowest BCUT2D eigenvalue weighted by Gasteiger charge is -2.13. The summed E-state index contributed by atoms with van der Waals surface area (Å²) >= 11 is 1.56. The summed E-state index contributed by atoms with van der Waals surface area (Å²) in [5, 5.41) is 10.4. The van der Waals surface area contributed by atoms with Crippen molar-refractivity contribution in [2.24, 2.45) is 7.05 Å². The highest BCUT2D eigenvalue weighted by molar-refractivity contribution is 7.98. The lowest BCUT2D eigenvalue weighted by atomic mass is 10.3. The first-order valence-electron chi connectivity index (χ1n) is 6.79. The Morgan fingerprint density at radius 1 is 1.57 bits per heavy atom. The zero-order chi connectivity index (χ0) is 14.8. The summed E-state index contributed by atoms with van der Waals surface area (Å²) in [5.74, 6) is 1.55. The van der Waals surface area contributed by atoms with Crippen molar-refractivity contribution in [3.05, 3.63) is 36.0 Å². The number of β-amino-alcohol motifs (C(OH)–C–C–N with tert-alkyl or cyclic N) is 1. The number of aromatic nitrogens is 2.